The molecule has 5 aromatic rings. The van der Waals surface area contributed by atoms with Crippen LogP contribution < -0.4 is 4.74 Å². The van der Waals surface area contributed by atoms with Gasteiger partial charge in [-0.05, 0) is 30.3 Å². The summed E-state index contributed by atoms with van der Waals surface area (Å²) in [7, 11) is 1.66. The lowest BCUT2D eigenvalue weighted by atomic mass is 10.0. The normalized spacial score (nSPS) is 11.2. The third-order valence-electron chi connectivity index (χ3n) is 5.00. The molecule has 0 atom stereocenters. The molecular formula is C24H20N4O2. The zero-order valence-corrected chi connectivity index (χ0v) is 16.5. The van der Waals surface area contributed by atoms with Crippen LogP contribution in [0.2, 0.25) is 0 Å². The van der Waals surface area contributed by atoms with Gasteiger partial charge in [0.15, 0.2) is 0 Å². The second kappa shape index (κ2) is 7.93. The fourth-order valence-electron chi connectivity index (χ4n) is 3.53. The number of imidazole rings is 1. The lowest BCUT2D eigenvalue weighted by Gasteiger charge is -2.09. The standard InChI is InChI=1S/C24H20N4O2/c1-29-12-13-30-19-8-9-22-21(14-19)26-16-28(22)23-10-7-17-4-2-6-20(24(17)27-23)18-5-3-11-25-15-18/h2-11,14-16H,12-13H2,1H3. The van der Waals surface area contributed by atoms with Crippen LogP contribution in [-0.4, -0.2) is 39.8 Å². The molecule has 0 saturated heterocycles. The average Bonchev–Trinajstić information content (AvgIpc) is 3.22. The molecule has 148 valence electrons. The number of rotatable bonds is 6. The van der Waals surface area contributed by atoms with Gasteiger partial charge in [0.05, 0.1) is 23.2 Å². The van der Waals surface area contributed by atoms with E-state index in [1.54, 1.807) is 19.6 Å². The smallest absolute Gasteiger partial charge is 0.139 e. The van der Waals surface area contributed by atoms with E-state index in [2.05, 4.69) is 28.2 Å². The largest absolute Gasteiger partial charge is 0.491 e. The van der Waals surface area contributed by atoms with Gasteiger partial charge in [-0.1, -0.05) is 24.3 Å². The summed E-state index contributed by atoms with van der Waals surface area (Å²) in [6.07, 6.45) is 5.43. The summed E-state index contributed by atoms with van der Waals surface area (Å²) >= 11 is 0. The van der Waals surface area contributed by atoms with Crippen LogP contribution in [0.25, 0.3) is 38.9 Å². The number of pyridine rings is 2. The van der Waals surface area contributed by atoms with E-state index in [4.69, 9.17) is 14.5 Å². The van der Waals surface area contributed by atoms with Crippen LogP contribution in [0.1, 0.15) is 0 Å². The second-order valence-electron chi connectivity index (χ2n) is 6.89. The quantitative estimate of drug-likeness (QED) is 0.391. The molecule has 0 aliphatic rings. The number of methoxy groups -OCH3 is 1. The monoisotopic (exact) mass is 396 g/mol. The molecule has 0 aliphatic heterocycles. The maximum Gasteiger partial charge on any atom is 0.139 e. The van der Waals surface area contributed by atoms with Gasteiger partial charge in [-0.2, -0.15) is 0 Å². The van der Waals surface area contributed by atoms with Gasteiger partial charge in [0, 0.05) is 42.1 Å². The average molecular weight is 396 g/mol. The number of benzene rings is 2. The molecule has 0 saturated carbocycles. The summed E-state index contributed by atoms with van der Waals surface area (Å²) in [5, 5.41) is 1.08. The Bertz CT molecular complexity index is 1320. The Hall–Kier alpha value is -3.77. The van der Waals surface area contributed by atoms with Crippen molar-refractivity contribution < 1.29 is 9.47 Å². The SMILES string of the molecule is COCCOc1ccc2c(c1)ncn2-c1ccc2cccc(-c3cccnc3)c2n1. The van der Waals surface area contributed by atoms with E-state index in [0.29, 0.717) is 13.2 Å². The Morgan fingerprint density at radius 1 is 0.967 bits per heavy atom. The molecule has 30 heavy (non-hydrogen) atoms. The zero-order valence-electron chi connectivity index (χ0n) is 16.5. The lowest BCUT2D eigenvalue weighted by Crippen LogP contribution is -2.04. The third kappa shape index (κ3) is 3.38. The van der Waals surface area contributed by atoms with Gasteiger partial charge < -0.3 is 9.47 Å². The first kappa shape index (κ1) is 18.3. The summed E-state index contributed by atoms with van der Waals surface area (Å²) in [4.78, 5) is 13.8. The van der Waals surface area contributed by atoms with Crippen molar-refractivity contribution in [2.75, 3.05) is 20.3 Å². The predicted octanol–water partition coefficient (Wildman–Crippen LogP) is 4.66. The molecule has 0 amide bonds. The highest BCUT2D eigenvalue weighted by Gasteiger charge is 2.10. The Balaban J connectivity index is 1.57. The summed E-state index contributed by atoms with van der Waals surface area (Å²) < 4.78 is 12.7. The van der Waals surface area contributed by atoms with Gasteiger partial charge >= 0.3 is 0 Å². The maximum atomic E-state index is 5.70. The van der Waals surface area contributed by atoms with Crippen molar-refractivity contribution in [3.63, 3.8) is 0 Å². The molecule has 0 unspecified atom stereocenters. The van der Waals surface area contributed by atoms with Gasteiger partial charge in [-0.25, -0.2) is 9.97 Å². The molecule has 2 aromatic carbocycles. The van der Waals surface area contributed by atoms with Crippen molar-refractivity contribution in [3.8, 4) is 22.7 Å². The van der Waals surface area contributed by atoms with Crippen molar-refractivity contribution in [1.29, 1.82) is 0 Å². The van der Waals surface area contributed by atoms with Crippen molar-refractivity contribution in [2.45, 2.75) is 0 Å². The summed E-state index contributed by atoms with van der Waals surface area (Å²) in [6.45, 7) is 1.05. The van der Waals surface area contributed by atoms with Gasteiger partial charge in [-0.15, -0.1) is 0 Å². The number of para-hydroxylation sites is 1. The molecule has 3 aromatic heterocycles. The Kier molecular flexibility index (Phi) is 4.83. The number of ether oxygens (including phenoxy) is 2. The van der Waals surface area contributed by atoms with Crippen molar-refractivity contribution in [2.24, 2.45) is 0 Å². The number of aromatic nitrogens is 4. The van der Waals surface area contributed by atoms with E-state index in [0.717, 1.165) is 44.6 Å². The number of hydrogen-bond donors (Lipinski definition) is 0. The van der Waals surface area contributed by atoms with Crippen LogP contribution in [0, 0.1) is 0 Å². The molecule has 0 aliphatic carbocycles. The van der Waals surface area contributed by atoms with E-state index in [9.17, 15) is 0 Å². The van der Waals surface area contributed by atoms with Gasteiger partial charge in [0.2, 0.25) is 0 Å². The van der Waals surface area contributed by atoms with Crippen LogP contribution in [0.5, 0.6) is 5.75 Å². The summed E-state index contributed by atoms with van der Waals surface area (Å²) in [5.74, 6) is 1.59. The summed E-state index contributed by atoms with van der Waals surface area (Å²) in [6, 6.07) is 20.2. The molecule has 0 N–H and O–H groups in total. The number of hydrogen-bond acceptors (Lipinski definition) is 5. The van der Waals surface area contributed by atoms with Gasteiger partial charge in [-0.3, -0.25) is 9.55 Å². The van der Waals surface area contributed by atoms with Crippen molar-refractivity contribution >= 4 is 21.9 Å². The highest BCUT2D eigenvalue weighted by molar-refractivity contribution is 5.94. The molecule has 3 heterocycles. The van der Waals surface area contributed by atoms with E-state index in [-0.39, 0.29) is 0 Å². The fourth-order valence-corrected chi connectivity index (χ4v) is 3.53. The molecule has 5 rings (SSSR count). The topological polar surface area (TPSA) is 62.1 Å². The Morgan fingerprint density at radius 2 is 1.93 bits per heavy atom. The number of fused-ring (bicyclic) bond motifs is 2. The first-order chi connectivity index (χ1) is 14.8. The molecular weight excluding hydrogens is 376 g/mol. The van der Waals surface area contributed by atoms with E-state index in [1.165, 1.54) is 0 Å². The first-order valence-corrected chi connectivity index (χ1v) is 9.73. The maximum absolute atomic E-state index is 5.70. The summed E-state index contributed by atoms with van der Waals surface area (Å²) in [5.41, 5.74) is 4.86. The van der Waals surface area contributed by atoms with Crippen molar-refractivity contribution in [3.05, 3.63) is 79.4 Å². The van der Waals surface area contributed by atoms with E-state index < -0.39 is 0 Å². The van der Waals surface area contributed by atoms with Crippen LogP contribution >= 0.6 is 0 Å². The Morgan fingerprint density at radius 3 is 2.80 bits per heavy atom. The van der Waals surface area contributed by atoms with Crippen LogP contribution in [0.4, 0.5) is 0 Å². The minimum absolute atomic E-state index is 0.506. The second-order valence-corrected chi connectivity index (χ2v) is 6.89. The van der Waals surface area contributed by atoms with Gasteiger partial charge in [0.1, 0.15) is 24.5 Å². The fraction of sp³-hybridized carbons (Fsp3) is 0.125. The lowest BCUT2D eigenvalue weighted by molar-refractivity contribution is 0.146. The molecule has 0 radical (unpaired) electrons. The van der Waals surface area contributed by atoms with Crippen LogP contribution in [-0.2, 0) is 4.74 Å². The zero-order chi connectivity index (χ0) is 20.3. The molecule has 0 spiro atoms. The van der Waals surface area contributed by atoms with Crippen LogP contribution in [0.3, 0.4) is 0 Å². The number of nitrogens with zero attached hydrogens (tertiary/aromatic N) is 4. The molecule has 6 nitrogen and oxygen atoms in total. The molecule has 6 heteroatoms. The van der Waals surface area contributed by atoms with Crippen molar-refractivity contribution in [1.82, 2.24) is 19.5 Å². The van der Waals surface area contributed by atoms with Crippen LogP contribution in [0.15, 0.2) is 79.4 Å². The minimum atomic E-state index is 0.506. The van der Waals surface area contributed by atoms with E-state index >= 15 is 0 Å². The highest BCUT2D eigenvalue weighted by atomic mass is 16.5. The minimum Gasteiger partial charge on any atom is -0.491 e. The molecule has 0 fully saturated rings. The highest BCUT2D eigenvalue weighted by Crippen LogP contribution is 2.29. The first-order valence-electron chi connectivity index (χ1n) is 9.73. The Labute approximate surface area is 173 Å². The van der Waals surface area contributed by atoms with E-state index in [1.807, 2.05) is 53.2 Å². The molecule has 0 bridgehead atoms. The van der Waals surface area contributed by atoms with Gasteiger partial charge in [0.25, 0.3) is 0 Å². The third-order valence-corrected chi connectivity index (χ3v) is 5.00. The predicted molar refractivity (Wildman–Crippen MR) is 117 cm³/mol.